The van der Waals surface area contributed by atoms with Gasteiger partial charge in [0, 0.05) is 5.54 Å². The van der Waals surface area contributed by atoms with Crippen LogP contribution in [0.5, 0.6) is 0 Å². The highest BCUT2D eigenvalue weighted by atomic mass is 19.4. The third-order valence-corrected chi connectivity index (χ3v) is 3.49. The SMILES string of the molecule is CC1CC(C(F)(F)F)CCCC1(C)N. The van der Waals surface area contributed by atoms with Gasteiger partial charge in [-0.25, -0.2) is 0 Å². The lowest BCUT2D eigenvalue weighted by atomic mass is 9.82. The second-order valence-electron chi connectivity index (χ2n) is 4.77. The molecule has 1 rings (SSSR count). The van der Waals surface area contributed by atoms with Gasteiger partial charge in [-0.15, -0.1) is 0 Å². The first kappa shape index (κ1) is 11.8. The number of alkyl halides is 3. The Morgan fingerprint density at radius 2 is 1.93 bits per heavy atom. The molecule has 0 radical (unpaired) electrons. The summed E-state index contributed by atoms with van der Waals surface area (Å²) in [6, 6.07) is 0. The molecule has 1 nitrogen and oxygen atoms in total. The summed E-state index contributed by atoms with van der Waals surface area (Å²) < 4.78 is 37.5. The lowest BCUT2D eigenvalue weighted by Gasteiger charge is -2.30. The molecule has 2 N–H and O–H groups in total. The molecule has 1 aliphatic rings. The minimum atomic E-state index is -4.05. The van der Waals surface area contributed by atoms with E-state index in [1.807, 2.05) is 13.8 Å². The molecule has 4 heteroatoms. The van der Waals surface area contributed by atoms with Crippen LogP contribution in [0.2, 0.25) is 0 Å². The Hall–Kier alpha value is -0.250. The Bertz CT molecular complexity index is 198. The molecule has 1 fully saturated rings. The monoisotopic (exact) mass is 209 g/mol. The molecular formula is C10H18F3N. The van der Waals surface area contributed by atoms with Crippen LogP contribution in [-0.2, 0) is 0 Å². The van der Waals surface area contributed by atoms with Crippen molar-refractivity contribution in [2.75, 3.05) is 0 Å². The van der Waals surface area contributed by atoms with Crippen molar-refractivity contribution in [3.63, 3.8) is 0 Å². The van der Waals surface area contributed by atoms with Gasteiger partial charge in [0.15, 0.2) is 0 Å². The summed E-state index contributed by atoms with van der Waals surface area (Å²) in [7, 11) is 0. The van der Waals surface area contributed by atoms with Gasteiger partial charge in [0.25, 0.3) is 0 Å². The van der Waals surface area contributed by atoms with Crippen molar-refractivity contribution in [2.24, 2.45) is 17.6 Å². The van der Waals surface area contributed by atoms with E-state index < -0.39 is 17.6 Å². The van der Waals surface area contributed by atoms with Gasteiger partial charge in [0.2, 0.25) is 0 Å². The number of nitrogens with two attached hydrogens (primary N) is 1. The molecule has 14 heavy (non-hydrogen) atoms. The first-order valence-electron chi connectivity index (χ1n) is 5.09. The Morgan fingerprint density at radius 1 is 1.36 bits per heavy atom. The second-order valence-corrected chi connectivity index (χ2v) is 4.77. The molecule has 0 spiro atoms. The Kier molecular flexibility index (Phi) is 3.14. The molecular weight excluding hydrogens is 191 g/mol. The average Bonchev–Trinajstić information content (AvgIpc) is 2.10. The van der Waals surface area contributed by atoms with E-state index >= 15 is 0 Å². The van der Waals surface area contributed by atoms with Gasteiger partial charge in [0.1, 0.15) is 0 Å². The van der Waals surface area contributed by atoms with E-state index in [4.69, 9.17) is 5.73 Å². The fourth-order valence-corrected chi connectivity index (χ4v) is 2.09. The Morgan fingerprint density at radius 3 is 2.43 bits per heavy atom. The summed E-state index contributed by atoms with van der Waals surface area (Å²) in [4.78, 5) is 0. The fourth-order valence-electron chi connectivity index (χ4n) is 2.09. The molecule has 1 aliphatic carbocycles. The molecule has 0 aromatic carbocycles. The highest BCUT2D eigenvalue weighted by Gasteiger charge is 2.43. The number of rotatable bonds is 0. The summed E-state index contributed by atoms with van der Waals surface area (Å²) in [5.74, 6) is -1.21. The topological polar surface area (TPSA) is 26.0 Å². The van der Waals surface area contributed by atoms with Crippen molar-refractivity contribution >= 4 is 0 Å². The fraction of sp³-hybridized carbons (Fsp3) is 1.00. The van der Waals surface area contributed by atoms with Crippen LogP contribution >= 0.6 is 0 Å². The van der Waals surface area contributed by atoms with E-state index in [0.29, 0.717) is 12.8 Å². The van der Waals surface area contributed by atoms with Gasteiger partial charge in [0.05, 0.1) is 5.92 Å². The van der Waals surface area contributed by atoms with Gasteiger partial charge in [-0.05, 0) is 32.1 Å². The lowest BCUT2D eigenvalue weighted by molar-refractivity contribution is -0.179. The Balaban J connectivity index is 2.70. The predicted octanol–water partition coefficient (Wildman–Crippen LogP) is 3.09. The van der Waals surface area contributed by atoms with Crippen molar-refractivity contribution in [3.8, 4) is 0 Å². The van der Waals surface area contributed by atoms with Crippen LogP contribution in [0.1, 0.15) is 39.5 Å². The quantitative estimate of drug-likeness (QED) is 0.609. The maximum absolute atomic E-state index is 12.5. The van der Waals surface area contributed by atoms with Crippen molar-refractivity contribution in [3.05, 3.63) is 0 Å². The molecule has 0 bridgehead atoms. The lowest BCUT2D eigenvalue weighted by Crippen LogP contribution is -2.42. The van der Waals surface area contributed by atoms with Crippen LogP contribution in [0, 0.1) is 11.8 Å². The Labute approximate surface area is 82.9 Å². The van der Waals surface area contributed by atoms with E-state index in [2.05, 4.69) is 0 Å². The van der Waals surface area contributed by atoms with E-state index in [9.17, 15) is 13.2 Å². The van der Waals surface area contributed by atoms with Gasteiger partial charge in [-0.1, -0.05) is 13.3 Å². The van der Waals surface area contributed by atoms with Gasteiger partial charge in [-0.2, -0.15) is 13.2 Å². The van der Waals surface area contributed by atoms with Gasteiger partial charge < -0.3 is 5.73 Å². The molecule has 0 saturated heterocycles. The molecule has 0 aliphatic heterocycles. The van der Waals surface area contributed by atoms with E-state index in [0.717, 1.165) is 0 Å². The van der Waals surface area contributed by atoms with Crippen LogP contribution in [0.25, 0.3) is 0 Å². The molecule has 3 unspecified atom stereocenters. The van der Waals surface area contributed by atoms with Crippen molar-refractivity contribution in [1.82, 2.24) is 0 Å². The number of hydrogen-bond acceptors (Lipinski definition) is 1. The predicted molar refractivity (Wildman–Crippen MR) is 49.8 cm³/mol. The van der Waals surface area contributed by atoms with Crippen molar-refractivity contribution in [2.45, 2.75) is 51.2 Å². The third-order valence-electron chi connectivity index (χ3n) is 3.49. The average molecular weight is 209 g/mol. The standard InChI is InChI=1S/C10H18F3N/c1-7-6-8(10(11,12)13)4-3-5-9(7,2)14/h7-8H,3-6,14H2,1-2H3. The second kappa shape index (κ2) is 3.72. The first-order valence-corrected chi connectivity index (χ1v) is 5.09. The zero-order valence-electron chi connectivity index (χ0n) is 8.69. The first-order chi connectivity index (χ1) is 6.23. The zero-order chi connectivity index (χ0) is 11.0. The van der Waals surface area contributed by atoms with Crippen LogP contribution in [0.3, 0.4) is 0 Å². The molecule has 0 amide bonds. The third kappa shape index (κ3) is 2.62. The number of hydrogen-bond donors (Lipinski definition) is 1. The van der Waals surface area contributed by atoms with E-state index in [-0.39, 0.29) is 18.8 Å². The molecule has 84 valence electrons. The summed E-state index contributed by atoms with van der Waals surface area (Å²) in [5.41, 5.74) is 5.53. The highest BCUT2D eigenvalue weighted by Crippen LogP contribution is 2.41. The molecule has 0 aromatic heterocycles. The van der Waals surface area contributed by atoms with Gasteiger partial charge in [-0.3, -0.25) is 0 Å². The smallest absolute Gasteiger partial charge is 0.325 e. The maximum Gasteiger partial charge on any atom is 0.391 e. The minimum absolute atomic E-state index is 0.0587. The normalized spacial score (nSPS) is 40.7. The highest BCUT2D eigenvalue weighted by molar-refractivity contribution is 4.90. The number of halogens is 3. The van der Waals surface area contributed by atoms with Crippen molar-refractivity contribution in [1.29, 1.82) is 0 Å². The van der Waals surface area contributed by atoms with E-state index in [1.54, 1.807) is 0 Å². The van der Waals surface area contributed by atoms with Crippen LogP contribution < -0.4 is 5.73 Å². The maximum atomic E-state index is 12.5. The summed E-state index contributed by atoms with van der Waals surface area (Å²) in [6.45, 7) is 3.68. The van der Waals surface area contributed by atoms with Gasteiger partial charge >= 0.3 is 6.18 Å². The van der Waals surface area contributed by atoms with Crippen LogP contribution in [-0.4, -0.2) is 11.7 Å². The summed E-state index contributed by atoms with van der Waals surface area (Å²) in [6.07, 6.45) is -2.35. The summed E-state index contributed by atoms with van der Waals surface area (Å²) >= 11 is 0. The van der Waals surface area contributed by atoms with Crippen molar-refractivity contribution < 1.29 is 13.2 Å². The zero-order valence-corrected chi connectivity index (χ0v) is 8.69. The van der Waals surface area contributed by atoms with Crippen LogP contribution in [0.15, 0.2) is 0 Å². The molecule has 0 heterocycles. The molecule has 3 atom stereocenters. The van der Waals surface area contributed by atoms with E-state index in [1.165, 1.54) is 0 Å². The molecule has 1 saturated carbocycles. The van der Waals surface area contributed by atoms with Crippen LogP contribution in [0.4, 0.5) is 13.2 Å². The minimum Gasteiger partial charge on any atom is -0.325 e. The largest absolute Gasteiger partial charge is 0.391 e. The molecule has 0 aromatic rings. The summed E-state index contributed by atoms with van der Waals surface area (Å²) in [5, 5.41) is 0.